The molecule has 0 nitrogen and oxygen atoms in total. The topological polar surface area (TPSA) is 0 Å². The molecule has 0 bridgehead atoms. The fraction of sp³-hybridized carbons (Fsp3) is 0.133. The maximum atomic E-state index is 2.42. The van der Waals surface area contributed by atoms with Crippen LogP contribution >= 0.6 is 0 Å². The molecule has 0 fully saturated rings. The van der Waals surface area contributed by atoms with Crippen LogP contribution in [0, 0.1) is 6.92 Å². The Hall–Kier alpha value is -3.38. The lowest BCUT2D eigenvalue weighted by atomic mass is 9.79. The Balaban J connectivity index is 1.54. The molecule has 144 valence electrons. The maximum absolute atomic E-state index is 2.42. The summed E-state index contributed by atoms with van der Waals surface area (Å²) in [6.45, 7) is 6.89. The maximum Gasteiger partial charge on any atom is 0.0165 e. The van der Waals surface area contributed by atoms with Crippen molar-refractivity contribution in [3.63, 3.8) is 0 Å². The molecule has 0 aromatic heterocycles. The van der Waals surface area contributed by atoms with Crippen molar-refractivity contribution in [1.29, 1.82) is 0 Å². The zero-order chi connectivity index (χ0) is 20.5. The SMILES string of the molecule is Cc1ccc2cc(-c3ccc4c(c3)C(C)(C)c3c-4ccc4ccccc34)ccc2c1. The van der Waals surface area contributed by atoms with Gasteiger partial charge in [0, 0.05) is 5.41 Å². The van der Waals surface area contributed by atoms with Crippen LogP contribution in [0.2, 0.25) is 0 Å². The first kappa shape index (κ1) is 17.5. The minimum absolute atomic E-state index is 0.0184. The zero-order valence-electron chi connectivity index (χ0n) is 17.7. The molecule has 6 rings (SSSR count). The molecule has 0 N–H and O–H groups in total. The minimum Gasteiger partial charge on any atom is -0.0616 e. The van der Waals surface area contributed by atoms with Gasteiger partial charge in [0.2, 0.25) is 0 Å². The number of benzene rings is 5. The van der Waals surface area contributed by atoms with E-state index in [0.717, 1.165) is 0 Å². The molecule has 0 heteroatoms. The van der Waals surface area contributed by atoms with E-state index in [4.69, 9.17) is 0 Å². The van der Waals surface area contributed by atoms with Crippen LogP contribution in [-0.4, -0.2) is 0 Å². The monoisotopic (exact) mass is 384 g/mol. The predicted molar refractivity (Wildman–Crippen MR) is 129 cm³/mol. The Morgan fingerprint density at radius 1 is 0.567 bits per heavy atom. The minimum atomic E-state index is -0.0184. The second kappa shape index (κ2) is 6.06. The standard InChI is InChI=1S/C30H24/c1-19-8-9-22-17-23(11-10-21(22)16-19)24-13-14-26-27-15-12-20-6-4-5-7-25(20)29(27)30(2,3)28(26)18-24/h4-18H,1-3H3. The van der Waals surface area contributed by atoms with Crippen LogP contribution in [0.1, 0.15) is 30.5 Å². The van der Waals surface area contributed by atoms with E-state index >= 15 is 0 Å². The van der Waals surface area contributed by atoms with Gasteiger partial charge in [-0.15, -0.1) is 0 Å². The average Bonchev–Trinajstić information content (AvgIpc) is 3.00. The van der Waals surface area contributed by atoms with Crippen molar-refractivity contribution in [3.8, 4) is 22.3 Å². The summed E-state index contributed by atoms with van der Waals surface area (Å²) in [5.74, 6) is 0. The van der Waals surface area contributed by atoms with Crippen LogP contribution in [0.15, 0.2) is 91.0 Å². The summed E-state index contributed by atoms with van der Waals surface area (Å²) < 4.78 is 0. The van der Waals surface area contributed by atoms with Crippen molar-refractivity contribution in [2.45, 2.75) is 26.2 Å². The lowest BCUT2D eigenvalue weighted by Crippen LogP contribution is -2.15. The summed E-state index contributed by atoms with van der Waals surface area (Å²) >= 11 is 0. The highest BCUT2D eigenvalue weighted by Crippen LogP contribution is 2.52. The average molecular weight is 385 g/mol. The third kappa shape index (κ3) is 2.40. The van der Waals surface area contributed by atoms with Gasteiger partial charge in [-0.05, 0) is 74.0 Å². The van der Waals surface area contributed by atoms with Gasteiger partial charge in [0.15, 0.2) is 0 Å². The van der Waals surface area contributed by atoms with E-state index in [9.17, 15) is 0 Å². The van der Waals surface area contributed by atoms with Crippen molar-refractivity contribution in [3.05, 3.63) is 108 Å². The van der Waals surface area contributed by atoms with Gasteiger partial charge in [0.25, 0.3) is 0 Å². The summed E-state index contributed by atoms with van der Waals surface area (Å²) in [6, 6.07) is 33.9. The molecule has 0 saturated heterocycles. The fourth-order valence-corrected chi connectivity index (χ4v) is 5.32. The number of hydrogen-bond donors (Lipinski definition) is 0. The van der Waals surface area contributed by atoms with Gasteiger partial charge in [0.05, 0.1) is 0 Å². The Morgan fingerprint density at radius 2 is 1.23 bits per heavy atom. The summed E-state index contributed by atoms with van der Waals surface area (Å²) in [5.41, 5.74) is 9.51. The normalized spacial score (nSPS) is 14.1. The van der Waals surface area contributed by atoms with Crippen LogP contribution in [0.5, 0.6) is 0 Å². The summed E-state index contributed by atoms with van der Waals surface area (Å²) in [5, 5.41) is 5.30. The molecule has 0 aliphatic heterocycles. The van der Waals surface area contributed by atoms with E-state index in [0.29, 0.717) is 0 Å². The lowest BCUT2D eigenvalue weighted by Gasteiger charge is -2.23. The van der Waals surface area contributed by atoms with Crippen molar-refractivity contribution in [1.82, 2.24) is 0 Å². The van der Waals surface area contributed by atoms with Gasteiger partial charge in [-0.3, -0.25) is 0 Å². The fourth-order valence-electron chi connectivity index (χ4n) is 5.32. The second-order valence-corrected chi connectivity index (χ2v) is 9.16. The first-order chi connectivity index (χ1) is 14.5. The Morgan fingerprint density at radius 3 is 2.13 bits per heavy atom. The van der Waals surface area contributed by atoms with Crippen LogP contribution < -0.4 is 0 Å². The molecule has 1 aliphatic carbocycles. The van der Waals surface area contributed by atoms with E-state index in [1.54, 1.807) is 0 Å². The Kier molecular flexibility index (Phi) is 3.53. The van der Waals surface area contributed by atoms with Crippen LogP contribution in [0.4, 0.5) is 0 Å². The van der Waals surface area contributed by atoms with E-state index < -0.39 is 0 Å². The second-order valence-electron chi connectivity index (χ2n) is 9.16. The highest BCUT2D eigenvalue weighted by Gasteiger charge is 2.36. The molecule has 0 amide bonds. The van der Waals surface area contributed by atoms with Crippen LogP contribution in [0.3, 0.4) is 0 Å². The third-order valence-electron chi connectivity index (χ3n) is 6.87. The highest BCUT2D eigenvalue weighted by molar-refractivity contribution is 5.98. The van der Waals surface area contributed by atoms with Crippen molar-refractivity contribution >= 4 is 21.5 Å². The van der Waals surface area contributed by atoms with E-state index in [1.165, 1.54) is 60.5 Å². The van der Waals surface area contributed by atoms with Crippen molar-refractivity contribution in [2.24, 2.45) is 0 Å². The summed E-state index contributed by atoms with van der Waals surface area (Å²) in [7, 11) is 0. The number of hydrogen-bond acceptors (Lipinski definition) is 0. The van der Waals surface area contributed by atoms with E-state index in [2.05, 4.69) is 112 Å². The van der Waals surface area contributed by atoms with Gasteiger partial charge in [-0.1, -0.05) is 98.3 Å². The molecule has 5 aromatic carbocycles. The quantitative estimate of drug-likeness (QED) is 0.273. The molecule has 5 aromatic rings. The predicted octanol–water partition coefficient (Wildman–Crippen LogP) is 8.27. The van der Waals surface area contributed by atoms with Crippen molar-refractivity contribution in [2.75, 3.05) is 0 Å². The molecule has 0 radical (unpaired) electrons. The molecule has 0 spiro atoms. The first-order valence-electron chi connectivity index (χ1n) is 10.7. The number of rotatable bonds is 1. The molecule has 0 heterocycles. The summed E-state index contributed by atoms with van der Waals surface area (Å²) in [6.07, 6.45) is 0. The van der Waals surface area contributed by atoms with Gasteiger partial charge < -0.3 is 0 Å². The van der Waals surface area contributed by atoms with Gasteiger partial charge in [-0.25, -0.2) is 0 Å². The van der Waals surface area contributed by atoms with E-state index in [-0.39, 0.29) is 5.41 Å². The molecule has 0 atom stereocenters. The lowest BCUT2D eigenvalue weighted by molar-refractivity contribution is 0.666. The smallest absolute Gasteiger partial charge is 0.0165 e. The van der Waals surface area contributed by atoms with Gasteiger partial charge >= 0.3 is 0 Å². The highest BCUT2D eigenvalue weighted by atomic mass is 14.4. The first-order valence-corrected chi connectivity index (χ1v) is 10.7. The zero-order valence-corrected chi connectivity index (χ0v) is 17.7. The van der Waals surface area contributed by atoms with Crippen LogP contribution in [0.25, 0.3) is 43.8 Å². The Bertz CT molecular complexity index is 1470. The number of aryl methyl sites for hydroxylation is 1. The molecule has 0 saturated carbocycles. The van der Waals surface area contributed by atoms with Crippen LogP contribution in [-0.2, 0) is 5.41 Å². The molecule has 0 unspecified atom stereocenters. The summed E-state index contributed by atoms with van der Waals surface area (Å²) in [4.78, 5) is 0. The third-order valence-corrected chi connectivity index (χ3v) is 6.87. The molecular formula is C30H24. The van der Waals surface area contributed by atoms with Gasteiger partial charge in [-0.2, -0.15) is 0 Å². The largest absolute Gasteiger partial charge is 0.0616 e. The molecule has 1 aliphatic rings. The number of fused-ring (bicyclic) bond motifs is 6. The van der Waals surface area contributed by atoms with E-state index in [1.807, 2.05) is 0 Å². The van der Waals surface area contributed by atoms with Crippen molar-refractivity contribution < 1.29 is 0 Å². The Labute approximate surface area is 177 Å². The van der Waals surface area contributed by atoms with Gasteiger partial charge in [0.1, 0.15) is 0 Å². The molecule has 30 heavy (non-hydrogen) atoms. The molecular weight excluding hydrogens is 360 g/mol.